The van der Waals surface area contributed by atoms with E-state index in [1.165, 1.54) is 109 Å². The van der Waals surface area contributed by atoms with E-state index in [1.807, 2.05) is 0 Å². The van der Waals surface area contributed by atoms with Crippen LogP contribution in [0.4, 0.5) is 0 Å². The molecule has 23 heavy (non-hydrogen) atoms. The fourth-order valence-corrected chi connectivity index (χ4v) is 3.66. The first-order valence-electron chi connectivity index (χ1n) is 10.4. The third-order valence-electron chi connectivity index (χ3n) is 4.71. The van der Waals surface area contributed by atoms with Crippen molar-refractivity contribution in [3.05, 3.63) is 0 Å². The van der Waals surface area contributed by atoms with Crippen LogP contribution in [0.15, 0.2) is 0 Å². The second kappa shape index (κ2) is 20.4. The molecule has 0 atom stereocenters. The third kappa shape index (κ3) is 22.4. The van der Waals surface area contributed by atoms with Crippen LogP contribution >= 0.6 is 8.38 Å². The predicted molar refractivity (Wildman–Crippen MR) is 105 cm³/mol. The molecular weight excluding hydrogens is 303 g/mol. The summed E-state index contributed by atoms with van der Waals surface area (Å²) in [6.45, 7) is 2.28. The molecule has 0 aromatic heterocycles. The highest BCUT2D eigenvalue weighted by Gasteiger charge is 1.98. The van der Waals surface area contributed by atoms with Gasteiger partial charge in [-0.3, -0.25) is 0 Å². The molecule has 3 heteroatoms. The van der Waals surface area contributed by atoms with Crippen LogP contribution in [-0.2, 0) is 0 Å². The van der Waals surface area contributed by atoms with Crippen LogP contribution in [0.3, 0.4) is 0 Å². The molecule has 0 bridgehead atoms. The van der Waals surface area contributed by atoms with Crippen molar-refractivity contribution in [2.75, 3.05) is 6.16 Å². The highest BCUT2D eigenvalue weighted by Crippen LogP contribution is 2.24. The molecule has 0 unspecified atom stereocenters. The van der Waals surface area contributed by atoms with Gasteiger partial charge in [0, 0.05) is 6.16 Å². The maximum Gasteiger partial charge on any atom is 0.164 e. The summed E-state index contributed by atoms with van der Waals surface area (Å²) >= 11 is 0. The Morgan fingerprint density at radius 2 is 0.696 bits per heavy atom. The zero-order valence-electron chi connectivity index (χ0n) is 15.8. The van der Waals surface area contributed by atoms with Crippen LogP contribution in [0.1, 0.15) is 122 Å². The summed E-state index contributed by atoms with van der Waals surface area (Å²) in [5, 5.41) is 0. The lowest BCUT2D eigenvalue weighted by atomic mass is 10.0. The number of hydrogen-bond donors (Lipinski definition) is 2. The lowest BCUT2D eigenvalue weighted by molar-refractivity contribution is 0.477. The fraction of sp³-hybridized carbons (Fsp3) is 1.00. The Labute approximate surface area is 147 Å². The quantitative estimate of drug-likeness (QED) is 0.190. The van der Waals surface area contributed by atoms with E-state index in [0.717, 1.165) is 6.42 Å². The molecule has 0 saturated heterocycles. The molecule has 0 rings (SSSR count). The summed E-state index contributed by atoms with van der Waals surface area (Å²) in [5.41, 5.74) is 0. The first-order valence-corrected chi connectivity index (χ1v) is 11.9. The highest BCUT2D eigenvalue weighted by atomic mass is 31.2. The molecule has 0 spiro atoms. The summed E-state index contributed by atoms with van der Waals surface area (Å²) in [5.74, 6) is 0. The van der Waals surface area contributed by atoms with Crippen molar-refractivity contribution in [2.24, 2.45) is 0 Å². The number of unbranched alkanes of at least 4 members (excludes halogenated alkanes) is 17. The lowest BCUT2D eigenvalue weighted by Crippen LogP contribution is -1.85. The van der Waals surface area contributed by atoms with Gasteiger partial charge in [-0.05, 0) is 6.42 Å². The minimum atomic E-state index is -1.64. The Bertz CT molecular complexity index is 210. The molecule has 0 aliphatic rings. The van der Waals surface area contributed by atoms with Gasteiger partial charge in [-0.15, -0.1) is 0 Å². The standard InChI is InChI=1S/C20H43O2P/c1-2-3-4-5-6-7-8-9-10-11-12-13-14-15-16-17-18-19-20-23(21)22/h21-22H,2-20H2,1H3. The third-order valence-corrected chi connectivity index (χ3v) is 5.43. The van der Waals surface area contributed by atoms with E-state index in [1.54, 1.807) is 0 Å². The Kier molecular flexibility index (Phi) is 20.7. The molecule has 2 nitrogen and oxygen atoms in total. The Balaban J connectivity index is 2.95. The molecule has 0 aromatic rings. The van der Waals surface area contributed by atoms with E-state index in [4.69, 9.17) is 9.79 Å². The summed E-state index contributed by atoms with van der Waals surface area (Å²) in [6, 6.07) is 0. The largest absolute Gasteiger partial charge is 0.350 e. The van der Waals surface area contributed by atoms with Crippen LogP contribution in [0.2, 0.25) is 0 Å². The topological polar surface area (TPSA) is 40.5 Å². The summed E-state index contributed by atoms with van der Waals surface area (Å²) in [4.78, 5) is 17.6. The van der Waals surface area contributed by atoms with E-state index in [0.29, 0.717) is 6.16 Å². The molecule has 0 aromatic carbocycles. The van der Waals surface area contributed by atoms with Crippen LogP contribution in [-0.4, -0.2) is 15.9 Å². The number of rotatable bonds is 19. The van der Waals surface area contributed by atoms with Gasteiger partial charge in [0.05, 0.1) is 0 Å². The Morgan fingerprint density at radius 3 is 0.957 bits per heavy atom. The van der Waals surface area contributed by atoms with Gasteiger partial charge in [0.15, 0.2) is 8.38 Å². The number of hydrogen-bond acceptors (Lipinski definition) is 2. The smallest absolute Gasteiger partial charge is 0.164 e. The maximum atomic E-state index is 8.81. The first kappa shape index (κ1) is 23.4. The van der Waals surface area contributed by atoms with Crippen molar-refractivity contribution in [1.29, 1.82) is 0 Å². The average molecular weight is 347 g/mol. The normalized spacial score (nSPS) is 11.5. The monoisotopic (exact) mass is 346 g/mol. The Hall–Kier alpha value is 0.350. The molecule has 140 valence electrons. The van der Waals surface area contributed by atoms with Crippen LogP contribution in [0, 0.1) is 0 Å². The fourth-order valence-electron chi connectivity index (χ4n) is 3.15. The second-order valence-electron chi connectivity index (χ2n) is 7.11. The Morgan fingerprint density at radius 1 is 0.435 bits per heavy atom. The summed E-state index contributed by atoms with van der Waals surface area (Å²) in [7, 11) is -1.64. The van der Waals surface area contributed by atoms with E-state index in [9.17, 15) is 0 Å². The molecule has 0 radical (unpaired) electrons. The van der Waals surface area contributed by atoms with Gasteiger partial charge in [-0.2, -0.15) is 0 Å². The molecule has 0 aliphatic heterocycles. The van der Waals surface area contributed by atoms with Crippen LogP contribution in [0.25, 0.3) is 0 Å². The molecule has 0 saturated carbocycles. The zero-order valence-corrected chi connectivity index (χ0v) is 16.7. The van der Waals surface area contributed by atoms with Crippen LogP contribution < -0.4 is 0 Å². The lowest BCUT2D eigenvalue weighted by Gasteiger charge is -2.04. The molecule has 0 fully saturated rings. The molecule has 0 aliphatic carbocycles. The minimum Gasteiger partial charge on any atom is -0.350 e. The van der Waals surface area contributed by atoms with Crippen molar-refractivity contribution in [3.63, 3.8) is 0 Å². The molecule has 2 N–H and O–H groups in total. The second-order valence-corrected chi connectivity index (χ2v) is 8.30. The van der Waals surface area contributed by atoms with Crippen molar-refractivity contribution in [1.82, 2.24) is 0 Å². The van der Waals surface area contributed by atoms with Gasteiger partial charge in [0.25, 0.3) is 0 Å². The van der Waals surface area contributed by atoms with Gasteiger partial charge in [0.1, 0.15) is 0 Å². The summed E-state index contributed by atoms with van der Waals surface area (Å²) in [6.07, 6.45) is 25.3. The van der Waals surface area contributed by atoms with E-state index < -0.39 is 8.38 Å². The van der Waals surface area contributed by atoms with Gasteiger partial charge >= 0.3 is 0 Å². The van der Waals surface area contributed by atoms with E-state index in [-0.39, 0.29) is 0 Å². The molecule has 0 heterocycles. The first-order chi connectivity index (χ1) is 11.3. The molecular formula is C20H43O2P. The van der Waals surface area contributed by atoms with Gasteiger partial charge in [-0.25, -0.2) is 0 Å². The van der Waals surface area contributed by atoms with Crippen molar-refractivity contribution in [3.8, 4) is 0 Å². The van der Waals surface area contributed by atoms with Gasteiger partial charge < -0.3 is 9.79 Å². The van der Waals surface area contributed by atoms with Gasteiger partial charge in [-0.1, -0.05) is 116 Å². The van der Waals surface area contributed by atoms with E-state index in [2.05, 4.69) is 6.92 Å². The average Bonchev–Trinajstić information content (AvgIpc) is 2.53. The van der Waals surface area contributed by atoms with Crippen molar-refractivity contribution >= 4 is 8.38 Å². The molecule has 0 amide bonds. The van der Waals surface area contributed by atoms with Crippen molar-refractivity contribution in [2.45, 2.75) is 122 Å². The highest BCUT2D eigenvalue weighted by molar-refractivity contribution is 7.45. The van der Waals surface area contributed by atoms with Crippen molar-refractivity contribution < 1.29 is 9.79 Å². The minimum absolute atomic E-state index is 0.605. The van der Waals surface area contributed by atoms with Gasteiger partial charge in [0.2, 0.25) is 0 Å². The van der Waals surface area contributed by atoms with Crippen LogP contribution in [0.5, 0.6) is 0 Å². The maximum absolute atomic E-state index is 8.81. The SMILES string of the molecule is CCCCCCCCCCCCCCCCCCCCP(O)O. The summed E-state index contributed by atoms with van der Waals surface area (Å²) < 4.78 is 0. The van der Waals surface area contributed by atoms with E-state index >= 15 is 0 Å². The predicted octanol–water partition coefficient (Wildman–Crippen LogP) is 7.32. The zero-order chi connectivity index (χ0) is 17.0.